The van der Waals surface area contributed by atoms with Crippen LogP contribution in [0.1, 0.15) is 56.3 Å². The Morgan fingerprint density at radius 2 is 2.27 bits per heavy atom. The zero-order valence-corrected chi connectivity index (χ0v) is 9.07. The first kappa shape index (κ1) is 9.33. The second-order valence-corrected chi connectivity index (χ2v) is 4.77. The van der Waals surface area contributed by atoms with Crippen molar-refractivity contribution in [2.75, 3.05) is 6.54 Å². The van der Waals surface area contributed by atoms with Crippen LogP contribution < -0.4 is 5.32 Å². The van der Waals surface area contributed by atoms with E-state index in [2.05, 4.69) is 22.4 Å². The summed E-state index contributed by atoms with van der Waals surface area (Å²) in [5.74, 6) is 2.93. The molecule has 0 spiro atoms. The Balaban J connectivity index is 1.74. The lowest BCUT2D eigenvalue weighted by atomic mass is 10.1. The molecular weight excluding hydrogens is 190 g/mol. The number of aromatic nitrogens is 2. The van der Waals surface area contributed by atoms with E-state index >= 15 is 0 Å². The summed E-state index contributed by atoms with van der Waals surface area (Å²) < 4.78 is 5.34. The summed E-state index contributed by atoms with van der Waals surface area (Å²) in [5.41, 5.74) is 0. The molecule has 1 saturated heterocycles. The molecule has 2 fully saturated rings. The van der Waals surface area contributed by atoms with E-state index in [0.29, 0.717) is 12.0 Å². The monoisotopic (exact) mass is 207 g/mol. The molecule has 2 unspecified atom stereocenters. The van der Waals surface area contributed by atoms with Gasteiger partial charge in [0.15, 0.2) is 5.82 Å². The Kier molecular flexibility index (Phi) is 2.24. The zero-order chi connectivity index (χ0) is 10.3. The Labute approximate surface area is 89.4 Å². The van der Waals surface area contributed by atoms with Gasteiger partial charge in [-0.2, -0.15) is 4.98 Å². The number of hydrogen-bond acceptors (Lipinski definition) is 4. The van der Waals surface area contributed by atoms with Gasteiger partial charge in [-0.15, -0.1) is 0 Å². The van der Waals surface area contributed by atoms with Gasteiger partial charge in [-0.3, -0.25) is 0 Å². The van der Waals surface area contributed by atoms with Gasteiger partial charge in [-0.1, -0.05) is 12.1 Å². The van der Waals surface area contributed by atoms with E-state index < -0.39 is 0 Å². The predicted octanol–water partition coefficient (Wildman–Crippen LogP) is 2.01. The summed E-state index contributed by atoms with van der Waals surface area (Å²) in [6.45, 7) is 3.27. The van der Waals surface area contributed by atoms with Crippen LogP contribution in [0.2, 0.25) is 0 Å². The van der Waals surface area contributed by atoms with E-state index in [1.54, 1.807) is 0 Å². The van der Waals surface area contributed by atoms with Crippen molar-refractivity contribution in [2.45, 2.75) is 44.6 Å². The number of nitrogens with zero attached hydrogens (tertiary/aromatic N) is 2. The molecule has 2 aliphatic rings. The van der Waals surface area contributed by atoms with Crippen LogP contribution in [0.3, 0.4) is 0 Å². The lowest BCUT2D eigenvalue weighted by molar-refractivity contribution is 0.342. The van der Waals surface area contributed by atoms with Crippen molar-refractivity contribution in [1.29, 1.82) is 0 Å². The smallest absolute Gasteiger partial charge is 0.229 e. The molecule has 1 N–H and O–H groups in total. The summed E-state index contributed by atoms with van der Waals surface area (Å²) in [6, 6.07) is 0.328. The van der Waals surface area contributed by atoms with Gasteiger partial charge in [0.05, 0.1) is 6.04 Å². The fraction of sp³-hybridized carbons (Fsp3) is 0.818. The number of nitrogens with one attached hydrogen (secondary N) is 1. The van der Waals surface area contributed by atoms with Crippen LogP contribution in [0.4, 0.5) is 0 Å². The van der Waals surface area contributed by atoms with Gasteiger partial charge in [-0.25, -0.2) is 0 Å². The molecule has 15 heavy (non-hydrogen) atoms. The standard InChI is InChI=1S/C11H17N3O/c1-7(8-4-5-8)11-13-10(14-15-11)9-3-2-6-12-9/h7-9,12H,2-6H2,1H3. The minimum atomic E-state index is 0.328. The van der Waals surface area contributed by atoms with Crippen molar-refractivity contribution in [3.8, 4) is 0 Å². The molecule has 3 rings (SSSR count). The van der Waals surface area contributed by atoms with E-state index in [0.717, 1.165) is 30.6 Å². The molecule has 0 radical (unpaired) electrons. The molecule has 1 aromatic heterocycles. The second-order valence-electron chi connectivity index (χ2n) is 4.77. The van der Waals surface area contributed by atoms with Crippen LogP contribution in [0.25, 0.3) is 0 Å². The lowest BCUT2D eigenvalue weighted by Crippen LogP contribution is -2.14. The minimum Gasteiger partial charge on any atom is -0.339 e. The maximum atomic E-state index is 5.34. The lowest BCUT2D eigenvalue weighted by Gasteiger charge is -2.03. The fourth-order valence-corrected chi connectivity index (χ4v) is 2.28. The topological polar surface area (TPSA) is 51.0 Å². The zero-order valence-electron chi connectivity index (χ0n) is 9.07. The van der Waals surface area contributed by atoms with Crippen LogP contribution >= 0.6 is 0 Å². The van der Waals surface area contributed by atoms with Gasteiger partial charge in [0.1, 0.15) is 0 Å². The van der Waals surface area contributed by atoms with Crippen molar-refractivity contribution >= 4 is 0 Å². The highest BCUT2D eigenvalue weighted by Gasteiger charge is 2.33. The van der Waals surface area contributed by atoms with Crippen molar-refractivity contribution in [2.24, 2.45) is 5.92 Å². The Bertz CT molecular complexity index is 323. The van der Waals surface area contributed by atoms with Gasteiger partial charge in [0.2, 0.25) is 5.89 Å². The predicted molar refractivity (Wildman–Crippen MR) is 55.4 cm³/mol. The van der Waals surface area contributed by atoms with Gasteiger partial charge >= 0.3 is 0 Å². The number of rotatable bonds is 3. The van der Waals surface area contributed by atoms with E-state index in [1.165, 1.54) is 19.3 Å². The molecule has 1 aliphatic heterocycles. The summed E-state index contributed by atoms with van der Waals surface area (Å²) in [5, 5.41) is 7.47. The first-order chi connectivity index (χ1) is 7.34. The van der Waals surface area contributed by atoms with E-state index in [-0.39, 0.29) is 0 Å². The highest BCUT2D eigenvalue weighted by molar-refractivity contribution is 5.02. The third kappa shape index (κ3) is 1.78. The van der Waals surface area contributed by atoms with Crippen molar-refractivity contribution in [1.82, 2.24) is 15.5 Å². The molecular formula is C11H17N3O. The second kappa shape index (κ2) is 3.59. The largest absolute Gasteiger partial charge is 0.339 e. The summed E-state index contributed by atoms with van der Waals surface area (Å²) in [6.07, 6.45) is 4.99. The Morgan fingerprint density at radius 3 is 2.93 bits per heavy atom. The summed E-state index contributed by atoms with van der Waals surface area (Å²) >= 11 is 0. The van der Waals surface area contributed by atoms with Gasteiger partial charge < -0.3 is 9.84 Å². The normalized spacial score (nSPS) is 28.2. The molecule has 0 bridgehead atoms. The van der Waals surface area contributed by atoms with E-state index in [4.69, 9.17) is 4.52 Å². The fourth-order valence-electron chi connectivity index (χ4n) is 2.28. The molecule has 4 heteroatoms. The van der Waals surface area contributed by atoms with E-state index in [9.17, 15) is 0 Å². The molecule has 1 aliphatic carbocycles. The average Bonchev–Trinajstić information content (AvgIpc) is 2.80. The molecule has 2 atom stereocenters. The maximum absolute atomic E-state index is 5.34. The molecule has 1 aromatic rings. The van der Waals surface area contributed by atoms with Gasteiger partial charge in [-0.05, 0) is 38.1 Å². The molecule has 2 heterocycles. The quantitative estimate of drug-likeness (QED) is 0.823. The maximum Gasteiger partial charge on any atom is 0.229 e. The van der Waals surface area contributed by atoms with Crippen LogP contribution in [0.15, 0.2) is 4.52 Å². The van der Waals surface area contributed by atoms with Crippen molar-refractivity contribution in [3.05, 3.63) is 11.7 Å². The van der Waals surface area contributed by atoms with Crippen LogP contribution in [0.5, 0.6) is 0 Å². The van der Waals surface area contributed by atoms with Crippen LogP contribution in [0, 0.1) is 5.92 Å². The van der Waals surface area contributed by atoms with Gasteiger partial charge in [0, 0.05) is 5.92 Å². The summed E-state index contributed by atoms with van der Waals surface area (Å²) in [4.78, 5) is 4.51. The SMILES string of the molecule is CC(c1nc(C2CCCN2)no1)C1CC1. The molecule has 82 valence electrons. The minimum absolute atomic E-state index is 0.328. The number of hydrogen-bond donors (Lipinski definition) is 1. The molecule has 4 nitrogen and oxygen atoms in total. The molecule has 0 amide bonds. The van der Waals surface area contributed by atoms with E-state index in [1.807, 2.05) is 0 Å². The first-order valence-electron chi connectivity index (χ1n) is 5.91. The van der Waals surface area contributed by atoms with Crippen LogP contribution in [-0.4, -0.2) is 16.7 Å². The Morgan fingerprint density at radius 1 is 1.40 bits per heavy atom. The van der Waals surface area contributed by atoms with Crippen LogP contribution in [-0.2, 0) is 0 Å². The third-order valence-corrected chi connectivity index (χ3v) is 3.55. The first-order valence-corrected chi connectivity index (χ1v) is 5.91. The highest BCUT2D eigenvalue weighted by atomic mass is 16.5. The third-order valence-electron chi connectivity index (χ3n) is 3.55. The Hall–Kier alpha value is -0.900. The van der Waals surface area contributed by atoms with Crippen molar-refractivity contribution in [3.63, 3.8) is 0 Å². The van der Waals surface area contributed by atoms with Crippen molar-refractivity contribution < 1.29 is 4.52 Å². The average molecular weight is 207 g/mol. The highest BCUT2D eigenvalue weighted by Crippen LogP contribution is 2.41. The molecule has 0 aromatic carbocycles. The summed E-state index contributed by atoms with van der Waals surface area (Å²) in [7, 11) is 0. The molecule has 1 saturated carbocycles. The van der Waals surface area contributed by atoms with Gasteiger partial charge in [0.25, 0.3) is 0 Å².